The van der Waals surface area contributed by atoms with Crippen molar-refractivity contribution in [1.29, 1.82) is 0 Å². The Bertz CT molecular complexity index is 304. The fraction of sp³-hybridized carbons (Fsp3) is 0. The van der Waals surface area contributed by atoms with Crippen LogP contribution < -0.4 is 11.1 Å². The molecule has 0 amide bonds. The number of hydrogen-bond acceptors (Lipinski definition) is 3. The third kappa shape index (κ3) is 1.02. The van der Waals surface area contributed by atoms with Crippen molar-refractivity contribution >= 4 is 5.69 Å². The molecular weight excluding hydrogens is 134 g/mol. The molecule has 5 nitrogen and oxygen atoms in total. The van der Waals surface area contributed by atoms with Crippen LogP contribution in [0, 0.1) is 0 Å². The van der Waals surface area contributed by atoms with Crippen LogP contribution in [0.4, 0.5) is 5.69 Å². The summed E-state index contributed by atoms with van der Waals surface area (Å²) in [4.78, 5) is 12.6. The highest BCUT2D eigenvalue weighted by atomic mass is 16.3. The number of nitrogens with one attached hydrogen (secondary N) is 1. The van der Waals surface area contributed by atoms with Crippen LogP contribution in [0.15, 0.2) is 22.2 Å². The lowest BCUT2D eigenvalue weighted by molar-refractivity contribution is 0.467. The number of aromatic hydroxyl groups is 1. The summed E-state index contributed by atoms with van der Waals surface area (Å²) >= 11 is 0. The van der Waals surface area contributed by atoms with Crippen LogP contribution >= 0.6 is 0 Å². The maximum absolute atomic E-state index is 10.5. The molecule has 1 radical (unpaired) electrons. The van der Waals surface area contributed by atoms with Crippen molar-refractivity contribution in [1.82, 2.24) is 10.5 Å². The van der Waals surface area contributed by atoms with Crippen LogP contribution in [-0.4, -0.2) is 10.1 Å². The van der Waals surface area contributed by atoms with E-state index >= 15 is 0 Å². The summed E-state index contributed by atoms with van der Waals surface area (Å²) in [6.45, 7) is 0. The molecule has 0 atom stereocenters. The van der Waals surface area contributed by atoms with Crippen molar-refractivity contribution in [2.24, 2.45) is 5.11 Å². The van der Waals surface area contributed by atoms with E-state index in [1.165, 1.54) is 6.20 Å². The van der Waals surface area contributed by atoms with Gasteiger partial charge in [-0.05, 0) is 5.53 Å². The van der Waals surface area contributed by atoms with Gasteiger partial charge >= 0.3 is 0 Å². The third-order valence-corrected chi connectivity index (χ3v) is 0.984. The molecule has 1 aromatic rings. The minimum atomic E-state index is -0.604. The summed E-state index contributed by atoms with van der Waals surface area (Å²) in [5.74, 6) is -0.463. The molecule has 5 heteroatoms. The average molecular weight is 138 g/mol. The van der Waals surface area contributed by atoms with Gasteiger partial charge in [0.1, 0.15) is 5.69 Å². The summed E-state index contributed by atoms with van der Waals surface area (Å²) in [7, 11) is 0. The number of nitrogens with zero attached hydrogens (tertiary/aromatic N) is 2. The smallest absolute Gasteiger partial charge is 0.290 e. The standard InChI is InChI=1S/C5H4N3O2/c6-8-3-1-4(9)5(10)7-2-3/h1-2,9H,(H,7,10). The number of H-pyrrole nitrogens is 1. The Labute approximate surface area is 55.8 Å². The van der Waals surface area contributed by atoms with Gasteiger partial charge in [0, 0.05) is 12.3 Å². The van der Waals surface area contributed by atoms with Crippen LogP contribution in [0.25, 0.3) is 0 Å². The zero-order valence-corrected chi connectivity index (χ0v) is 4.90. The Morgan fingerprint density at radius 2 is 2.40 bits per heavy atom. The molecule has 0 bridgehead atoms. The minimum Gasteiger partial charge on any atom is -0.503 e. The molecule has 2 N–H and O–H groups in total. The van der Waals surface area contributed by atoms with Gasteiger partial charge in [-0.15, -0.1) is 5.11 Å². The van der Waals surface area contributed by atoms with E-state index in [4.69, 9.17) is 10.6 Å². The van der Waals surface area contributed by atoms with Gasteiger partial charge in [0.25, 0.3) is 5.56 Å². The quantitative estimate of drug-likeness (QED) is 0.533. The van der Waals surface area contributed by atoms with Crippen molar-refractivity contribution in [3.8, 4) is 5.75 Å². The van der Waals surface area contributed by atoms with Crippen molar-refractivity contribution < 1.29 is 5.11 Å². The fourth-order valence-corrected chi connectivity index (χ4v) is 0.518. The Hall–Kier alpha value is -1.65. The van der Waals surface area contributed by atoms with Gasteiger partial charge in [-0.25, -0.2) is 0 Å². The van der Waals surface area contributed by atoms with E-state index in [2.05, 4.69) is 10.1 Å². The largest absolute Gasteiger partial charge is 0.503 e. The first-order valence-corrected chi connectivity index (χ1v) is 2.51. The molecule has 51 valence electrons. The summed E-state index contributed by atoms with van der Waals surface area (Å²) in [5.41, 5.74) is 7.65. The lowest BCUT2D eigenvalue weighted by Crippen LogP contribution is -2.02. The van der Waals surface area contributed by atoms with Crippen molar-refractivity contribution in [2.75, 3.05) is 0 Å². The maximum Gasteiger partial charge on any atom is 0.290 e. The van der Waals surface area contributed by atoms with E-state index in [0.717, 1.165) is 6.07 Å². The number of aromatic amines is 1. The van der Waals surface area contributed by atoms with Crippen LogP contribution in [0.5, 0.6) is 5.75 Å². The lowest BCUT2D eigenvalue weighted by atomic mass is 10.4. The molecule has 0 saturated heterocycles. The molecule has 0 unspecified atom stereocenters. The first kappa shape index (κ1) is 6.47. The zero-order valence-electron chi connectivity index (χ0n) is 4.90. The Kier molecular flexibility index (Phi) is 1.49. The molecule has 0 saturated carbocycles. The minimum absolute atomic E-state index is 0.108. The second kappa shape index (κ2) is 2.30. The van der Waals surface area contributed by atoms with Gasteiger partial charge in [-0.2, -0.15) is 0 Å². The Balaban J connectivity index is 3.29. The fourth-order valence-electron chi connectivity index (χ4n) is 0.518. The Morgan fingerprint density at radius 3 is 2.90 bits per heavy atom. The molecule has 0 fully saturated rings. The molecule has 0 aliphatic heterocycles. The number of pyridine rings is 1. The van der Waals surface area contributed by atoms with E-state index in [0.29, 0.717) is 0 Å². The zero-order chi connectivity index (χ0) is 7.56. The van der Waals surface area contributed by atoms with E-state index < -0.39 is 11.3 Å². The van der Waals surface area contributed by atoms with Crippen LogP contribution in [0.2, 0.25) is 0 Å². The average Bonchev–Trinajstić information content (AvgIpc) is 1.95. The molecule has 1 heterocycles. The normalized spacial score (nSPS) is 9.20. The van der Waals surface area contributed by atoms with E-state index in [1.807, 2.05) is 0 Å². The summed E-state index contributed by atoms with van der Waals surface area (Å²) < 4.78 is 0. The summed E-state index contributed by atoms with van der Waals surface area (Å²) in [6.07, 6.45) is 1.18. The molecule has 0 aliphatic carbocycles. The molecule has 10 heavy (non-hydrogen) atoms. The van der Waals surface area contributed by atoms with Crippen molar-refractivity contribution in [3.05, 3.63) is 22.6 Å². The SMILES string of the molecule is [N]=Nc1c[nH]c(=O)c(O)c1. The van der Waals surface area contributed by atoms with Crippen molar-refractivity contribution in [3.63, 3.8) is 0 Å². The maximum atomic E-state index is 10.5. The Morgan fingerprint density at radius 1 is 1.70 bits per heavy atom. The monoisotopic (exact) mass is 138 g/mol. The lowest BCUT2D eigenvalue weighted by Gasteiger charge is -1.89. The van der Waals surface area contributed by atoms with Gasteiger partial charge in [0.2, 0.25) is 0 Å². The topological polar surface area (TPSA) is 87.8 Å². The van der Waals surface area contributed by atoms with Gasteiger partial charge in [-0.1, -0.05) is 0 Å². The van der Waals surface area contributed by atoms with Gasteiger partial charge in [0.15, 0.2) is 5.75 Å². The van der Waals surface area contributed by atoms with Gasteiger partial charge < -0.3 is 10.1 Å². The highest BCUT2D eigenvalue weighted by molar-refractivity contribution is 5.37. The first-order valence-electron chi connectivity index (χ1n) is 2.51. The molecule has 1 rings (SSSR count). The molecule has 0 aliphatic rings. The second-order valence-electron chi connectivity index (χ2n) is 1.67. The molecular formula is C5H4N3O2. The number of hydrogen-bond donors (Lipinski definition) is 2. The van der Waals surface area contributed by atoms with Gasteiger partial charge in [0.05, 0.1) is 0 Å². The van der Waals surface area contributed by atoms with E-state index in [-0.39, 0.29) is 5.69 Å². The van der Waals surface area contributed by atoms with E-state index in [1.54, 1.807) is 0 Å². The predicted molar refractivity (Wildman–Crippen MR) is 32.9 cm³/mol. The molecule has 1 aromatic heterocycles. The summed E-state index contributed by atoms with van der Waals surface area (Å²) in [5, 5.41) is 11.5. The number of aromatic nitrogens is 1. The number of rotatable bonds is 1. The third-order valence-electron chi connectivity index (χ3n) is 0.984. The van der Waals surface area contributed by atoms with Crippen molar-refractivity contribution in [2.45, 2.75) is 0 Å². The molecule has 0 aromatic carbocycles. The highest BCUT2D eigenvalue weighted by Gasteiger charge is 1.95. The predicted octanol–water partition coefficient (Wildman–Crippen LogP) is -0.0357. The van der Waals surface area contributed by atoms with E-state index in [9.17, 15) is 4.79 Å². The van der Waals surface area contributed by atoms with Crippen LogP contribution in [-0.2, 0) is 0 Å². The summed E-state index contributed by atoms with van der Waals surface area (Å²) in [6, 6.07) is 1.05. The van der Waals surface area contributed by atoms with Gasteiger partial charge in [-0.3, -0.25) is 4.79 Å². The first-order chi connectivity index (χ1) is 4.74. The highest BCUT2D eigenvalue weighted by Crippen LogP contribution is 2.10. The van der Waals surface area contributed by atoms with Crippen LogP contribution in [0.3, 0.4) is 0 Å². The van der Waals surface area contributed by atoms with Crippen LogP contribution in [0.1, 0.15) is 0 Å². The molecule has 0 spiro atoms. The second-order valence-corrected chi connectivity index (χ2v) is 1.67.